The lowest BCUT2D eigenvalue weighted by Crippen LogP contribution is -2.02. The molecule has 0 atom stereocenters. The fourth-order valence-corrected chi connectivity index (χ4v) is 1.35. The Bertz CT molecular complexity index is 495. The van der Waals surface area contributed by atoms with Crippen LogP contribution in [-0.4, -0.2) is 19.0 Å². The lowest BCUT2D eigenvalue weighted by Gasteiger charge is -2.09. The maximum Gasteiger partial charge on any atom is 0.130 e. The van der Waals surface area contributed by atoms with Crippen molar-refractivity contribution in [3.63, 3.8) is 0 Å². The van der Waals surface area contributed by atoms with Gasteiger partial charge in [0.15, 0.2) is 0 Å². The highest BCUT2D eigenvalue weighted by Gasteiger charge is 2.01. The third kappa shape index (κ3) is 3.85. The number of allylic oxidation sites excluding steroid dienone is 3. The first-order valence-electron chi connectivity index (χ1n) is 5.13. The molecule has 1 aromatic carbocycles. The summed E-state index contributed by atoms with van der Waals surface area (Å²) in [7, 11) is 3.80. The van der Waals surface area contributed by atoms with E-state index < -0.39 is 0 Å². The zero-order chi connectivity index (χ0) is 12.7. The number of nitriles is 2. The van der Waals surface area contributed by atoms with Crippen molar-refractivity contribution in [2.45, 2.75) is 0 Å². The molecule has 0 aliphatic carbocycles. The topological polar surface area (TPSA) is 50.8 Å². The predicted octanol–water partition coefficient (Wildman–Crippen LogP) is 2.56. The van der Waals surface area contributed by atoms with Crippen molar-refractivity contribution >= 4 is 5.57 Å². The molecule has 3 heteroatoms. The van der Waals surface area contributed by atoms with E-state index in [2.05, 4.69) is 0 Å². The summed E-state index contributed by atoms with van der Waals surface area (Å²) in [5.41, 5.74) is 1.92. The maximum absolute atomic E-state index is 8.77. The molecular weight excluding hydrogens is 210 g/mol. The molecule has 0 aliphatic heterocycles. The quantitative estimate of drug-likeness (QED) is 0.584. The highest BCUT2D eigenvalue weighted by Crippen LogP contribution is 2.17. The van der Waals surface area contributed by atoms with E-state index in [1.165, 1.54) is 0 Å². The Morgan fingerprint density at radius 3 is 2.18 bits per heavy atom. The zero-order valence-corrected chi connectivity index (χ0v) is 9.88. The SMILES string of the molecule is CN(C)/C=C(\C=C(C#N)C#N)c1ccccc1. The molecule has 0 aliphatic rings. The molecule has 0 spiro atoms. The highest BCUT2D eigenvalue weighted by atomic mass is 15.0. The number of hydrogen-bond donors (Lipinski definition) is 0. The van der Waals surface area contributed by atoms with Crippen molar-refractivity contribution in [3.05, 3.63) is 53.7 Å². The van der Waals surface area contributed by atoms with Crippen LogP contribution in [0.3, 0.4) is 0 Å². The summed E-state index contributed by atoms with van der Waals surface area (Å²) in [6.07, 6.45) is 3.47. The summed E-state index contributed by atoms with van der Waals surface area (Å²) < 4.78 is 0. The van der Waals surface area contributed by atoms with Gasteiger partial charge in [0.1, 0.15) is 17.7 Å². The van der Waals surface area contributed by atoms with Crippen molar-refractivity contribution in [1.82, 2.24) is 4.90 Å². The molecule has 0 amide bonds. The fourth-order valence-electron chi connectivity index (χ4n) is 1.35. The smallest absolute Gasteiger partial charge is 0.130 e. The van der Waals surface area contributed by atoms with E-state index in [0.29, 0.717) is 0 Å². The molecule has 0 N–H and O–H groups in total. The molecule has 0 unspecified atom stereocenters. The molecule has 0 bridgehead atoms. The van der Waals surface area contributed by atoms with Gasteiger partial charge in [-0.15, -0.1) is 0 Å². The van der Waals surface area contributed by atoms with Gasteiger partial charge in [0.2, 0.25) is 0 Å². The van der Waals surface area contributed by atoms with Crippen LogP contribution < -0.4 is 0 Å². The van der Waals surface area contributed by atoms with Gasteiger partial charge < -0.3 is 4.90 Å². The average molecular weight is 223 g/mol. The molecular formula is C14H13N3. The van der Waals surface area contributed by atoms with Gasteiger partial charge >= 0.3 is 0 Å². The van der Waals surface area contributed by atoms with Crippen LogP contribution in [0.15, 0.2) is 48.2 Å². The van der Waals surface area contributed by atoms with Gasteiger partial charge in [-0.05, 0) is 17.2 Å². The van der Waals surface area contributed by atoms with Gasteiger partial charge in [-0.2, -0.15) is 10.5 Å². The van der Waals surface area contributed by atoms with E-state index in [-0.39, 0.29) is 5.57 Å². The summed E-state index contributed by atoms with van der Waals surface area (Å²) in [4.78, 5) is 1.88. The third-order valence-corrected chi connectivity index (χ3v) is 2.05. The molecule has 1 aromatic rings. The van der Waals surface area contributed by atoms with Crippen molar-refractivity contribution in [3.8, 4) is 12.1 Å². The van der Waals surface area contributed by atoms with E-state index in [4.69, 9.17) is 10.5 Å². The second-order valence-electron chi connectivity index (χ2n) is 3.70. The average Bonchev–Trinajstić information content (AvgIpc) is 2.35. The minimum Gasteiger partial charge on any atom is -0.383 e. The summed E-state index contributed by atoms with van der Waals surface area (Å²) in [5.74, 6) is 0. The molecule has 0 saturated carbocycles. The largest absolute Gasteiger partial charge is 0.383 e. The normalized spacial score (nSPS) is 10.0. The van der Waals surface area contributed by atoms with Gasteiger partial charge in [-0.1, -0.05) is 30.3 Å². The van der Waals surface area contributed by atoms with E-state index in [9.17, 15) is 0 Å². The summed E-state index contributed by atoms with van der Waals surface area (Å²) in [5, 5.41) is 17.5. The first-order valence-corrected chi connectivity index (χ1v) is 5.13. The van der Waals surface area contributed by atoms with Crippen molar-refractivity contribution < 1.29 is 0 Å². The molecule has 0 heterocycles. The van der Waals surface area contributed by atoms with Crippen LogP contribution in [0.1, 0.15) is 5.56 Å². The molecule has 0 aromatic heterocycles. The molecule has 0 radical (unpaired) electrons. The van der Waals surface area contributed by atoms with Gasteiger partial charge in [-0.3, -0.25) is 0 Å². The fraction of sp³-hybridized carbons (Fsp3) is 0.143. The second-order valence-corrected chi connectivity index (χ2v) is 3.70. The predicted molar refractivity (Wildman–Crippen MR) is 67.4 cm³/mol. The monoisotopic (exact) mass is 223 g/mol. The van der Waals surface area contributed by atoms with Crippen LogP contribution in [0.25, 0.3) is 5.57 Å². The Labute approximate surface area is 102 Å². The molecule has 0 saturated heterocycles. The van der Waals surface area contributed by atoms with E-state index >= 15 is 0 Å². The first kappa shape index (κ1) is 12.5. The molecule has 84 valence electrons. The summed E-state index contributed by atoms with van der Waals surface area (Å²) in [6.45, 7) is 0. The van der Waals surface area contributed by atoms with Crippen LogP contribution in [0, 0.1) is 22.7 Å². The Balaban J connectivity index is 3.22. The summed E-state index contributed by atoms with van der Waals surface area (Å²) in [6, 6.07) is 13.4. The number of rotatable bonds is 3. The summed E-state index contributed by atoms with van der Waals surface area (Å²) >= 11 is 0. The molecule has 3 nitrogen and oxygen atoms in total. The maximum atomic E-state index is 8.77. The number of hydrogen-bond acceptors (Lipinski definition) is 3. The van der Waals surface area contributed by atoms with Crippen molar-refractivity contribution in [2.24, 2.45) is 0 Å². The van der Waals surface area contributed by atoms with Crippen LogP contribution in [-0.2, 0) is 0 Å². The highest BCUT2D eigenvalue weighted by molar-refractivity contribution is 5.76. The lowest BCUT2D eigenvalue weighted by atomic mass is 10.0. The lowest BCUT2D eigenvalue weighted by molar-refractivity contribution is 0.566. The van der Waals surface area contributed by atoms with E-state index in [1.54, 1.807) is 6.08 Å². The zero-order valence-electron chi connectivity index (χ0n) is 9.88. The van der Waals surface area contributed by atoms with Crippen LogP contribution in [0.4, 0.5) is 0 Å². The van der Waals surface area contributed by atoms with Gasteiger partial charge in [0.05, 0.1) is 0 Å². The van der Waals surface area contributed by atoms with Gasteiger partial charge in [0.25, 0.3) is 0 Å². The van der Waals surface area contributed by atoms with Crippen LogP contribution in [0.2, 0.25) is 0 Å². The van der Waals surface area contributed by atoms with Crippen LogP contribution in [0.5, 0.6) is 0 Å². The van der Waals surface area contributed by atoms with Crippen molar-refractivity contribution in [1.29, 1.82) is 10.5 Å². The Kier molecular flexibility index (Phi) is 4.54. The minimum absolute atomic E-state index is 0.0990. The van der Waals surface area contributed by atoms with Gasteiger partial charge in [0, 0.05) is 20.3 Å². The standard InChI is InChI=1S/C14H13N3/c1-17(2)11-14(8-12(9-15)10-16)13-6-4-3-5-7-13/h3-8,11H,1-2H3/b14-11+. The molecule has 0 fully saturated rings. The van der Waals surface area contributed by atoms with E-state index in [0.717, 1.165) is 11.1 Å². The minimum atomic E-state index is 0.0990. The van der Waals surface area contributed by atoms with Crippen molar-refractivity contribution in [2.75, 3.05) is 14.1 Å². The molecule has 17 heavy (non-hydrogen) atoms. The Morgan fingerprint density at radius 2 is 1.71 bits per heavy atom. The number of nitrogens with zero attached hydrogens (tertiary/aromatic N) is 3. The van der Waals surface area contributed by atoms with Crippen LogP contribution >= 0.6 is 0 Å². The Morgan fingerprint density at radius 1 is 1.12 bits per heavy atom. The first-order chi connectivity index (χ1) is 8.17. The third-order valence-electron chi connectivity index (χ3n) is 2.05. The second kappa shape index (κ2) is 6.15. The Hall–Kier alpha value is -2.52. The van der Waals surface area contributed by atoms with Gasteiger partial charge in [-0.25, -0.2) is 0 Å². The number of benzene rings is 1. The molecule has 1 rings (SSSR count). The van der Waals surface area contributed by atoms with E-state index in [1.807, 2.05) is 67.7 Å².